The van der Waals surface area contributed by atoms with Crippen molar-refractivity contribution < 1.29 is 4.74 Å². The van der Waals surface area contributed by atoms with Crippen LogP contribution in [-0.2, 0) is 4.74 Å². The summed E-state index contributed by atoms with van der Waals surface area (Å²) >= 11 is 0. The summed E-state index contributed by atoms with van der Waals surface area (Å²) in [6.07, 6.45) is 2.41. The van der Waals surface area contributed by atoms with Gasteiger partial charge in [0.2, 0.25) is 0 Å². The van der Waals surface area contributed by atoms with Crippen LogP contribution < -0.4 is 5.32 Å². The summed E-state index contributed by atoms with van der Waals surface area (Å²) in [5.74, 6) is 0.713. The quantitative estimate of drug-likeness (QED) is 0.873. The zero-order valence-corrected chi connectivity index (χ0v) is 12.8. The van der Waals surface area contributed by atoms with Crippen LogP contribution >= 0.6 is 0 Å². The zero-order chi connectivity index (χ0) is 13.8. The molecule has 2 heteroatoms. The van der Waals surface area contributed by atoms with Crippen molar-refractivity contribution in [3.63, 3.8) is 0 Å². The molecule has 1 aromatic carbocycles. The van der Waals surface area contributed by atoms with E-state index >= 15 is 0 Å². The van der Waals surface area contributed by atoms with Gasteiger partial charge in [0, 0.05) is 19.3 Å². The fraction of sp³-hybridized carbons (Fsp3) is 0.647. The van der Waals surface area contributed by atoms with Crippen molar-refractivity contribution in [2.24, 2.45) is 5.92 Å². The molecule has 2 rings (SSSR count). The molecular weight excluding hydrogens is 234 g/mol. The van der Waals surface area contributed by atoms with Crippen LogP contribution in [0.4, 0.5) is 0 Å². The molecule has 1 saturated heterocycles. The van der Waals surface area contributed by atoms with Gasteiger partial charge in [0.1, 0.15) is 0 Å². The third-order valence-corrected chi connectivity index (χ3v) is 4.30. The maximum atomic E-state index is 5.52. The highest BCUT2D eigenvalue weighted by molar-refractivity contribution is 5.38. The van der Waals surface area contributed by atoms with Gasteiger partial charge in [-0.15, -0.1) is 0 Å². The lowest BCUT2D eigenvalue weighted by molar-refractivity contribution is 0.181. The van der Waals surface area contributed by atoms with Gasteiger partial charge in [0.25, 0.3) is 0 Å². The maximum Gasteiger partial charge on any atom is 0.0495 e. The molecule has 0 amide bonds. The van der Waals surface area contributed by atoms with Crippen molar-refractivity contribution in [2.75, 3.05) is 19.8 Å². The van der Waals surface area contributed by atoms with Crippen molar-refractivity contribution >= 4 is 0 Å². The summed E-state index contributed by atoms with van der Waals surface area (Å²) in [6.45, 7) is 11.7. The predicted molar refractivity (Wildman–Crippen MR) is 80.6 cm³/mol. The Balaban J connectivity index is 2.19. The van der Waals surface area contributed by atoms with Gasteiger partial charge in [0.05, 0.1) is 0 Å². The molecule has 1 aromatic rings. The van der Waals surface area contributed by atoms with Crippen LogP contribution in [-0.4, -0.2) is 19.8 Å². The maximum absolute atomic E-state index is 5.52. The molecule has 1 aliphatic rings. The minimum absolute atomic E-state index is 0.469. The lowest BCUT2D eigenvalue weighted by atomic mass is 9.89. The van der Waals surface area contributed by atoms with Crippen LogP contribution in [0.3, 0.4) is 0 Å². The first-order chi connectivity index (χ1) is 9.11. The predicted octanol–water partition coefficient (Wildman–Crippen LogP) is 3.69. The fourth-order valence-electron chi connectivity index (χ4n) is 3.03. The number of hydrogen-bond acceptors (Lipinski definition) is 2. The number of ether oxygens (including phenoxy) is 1. The van der Waals surface area contributed by atoms with Gasteiger partial charge in [-0.05, 0) is 68.3 Å². The van der Waals surface area contributed by atoms with Gasteiger partial charge in [-0.2, -0.15) is 0 Å². The van der Waals surface area contributed by atoms with Crippen LogP contribution in [0, 0.1) is 26.7 Å². The molecule has 1 heterocycles. The van der Waals surface area contributed by atoms with Gasteiger partial charge >= 0.3 is 0 Å². The molecule has 0 aromatic heterocycles. The molecule has 1 N–H and O–H groups in total. The normalized spacial score (nSPS) is 20.7. The molecule has 0 aliphatic carbocycles. The lowest BCUT2D eigenvalue weighted by Gasteiger charge is -2.24. The van der Waals surface area contributed by atoms with E-state index < -0.39 is 0 Å². The van der Waals surface area contributed by atoms with Gasteiger partial charge in [-0.3, -0.25) is 0 Å². The zero-order valence-electron chi connectivity index (χ0n) is 12.8. The second kappa shape index (κ2) is 6.53. The Morgan fingerprint density at radius 1 is 1.21 bits per heavy atom. The lowest BCUT2D eigenvalue weighted by Crippen LogP contribution is -2.24. The number of hydrogen-bond donors (Lipinski definition) is 1. The largest absolute Gasteiger partial charge is 0.381 e. The van der Waals surface area contributed by atoms with Crippen molar-refractivity contribution in [2.45, 2.75) is 46.6 Å². The minimum Gasteiger partial charge on any atom is -0.381 e. The van der Waals surface area contributed by atoms with Crippen molar-refractivity contribution in [3.8, 4) is 0 Å². The van der Waals surface area contributed by atoms with Crippen LogP contribution in [0.1, 0.15) is 48.1 Å². The van der Waals surface area contributed by atoms with E-state index in [4.69, 9.17) is 4.74 Å². The van der Waals surface area contributed by atoms with Gasteiger partial charge in [-0.1, -0.05) is 19.1 Å². The highest BCUT2D eigenvalue weighted by atomic mass is 16.5. The molecule has 1 aliphatic heterocycles. The Morgan fingerprint density at radius 2 is 1.95 bits per heavy atom. The van der Waals surface area contributed by atoms with E-state index in [1.54, 1.807) is 0 Å². The molecular formula is C17H27NO. The van der Waals surface area contributed by atoms with Gasteiger partial charge in [0.15, 0.2) is 0 Å². The van der Waals surface area contributed by atoms with E-state index in [-0.39, 0.29) is 0 Å². The molecule has 19 heavy (non-hydrogen) atoms. The number of rotatable bonds is 5. The Hall–Kier alpha value is -0.860. The molecule has 1 fully saturated rings. The Bertz CT molecular complexity index is 422. The first kappa shape index (κ1) is 14.5. The van der Waals surface area contributed by atoms with E-state index in [1.165, 1.54) is 35.1 Å². The SMILES string of the molecule is CCNC(CC1CCOC1)c1cc(C)c(C)cc1C. The highest BCUT2D eigenvalue weighted by Gasteiger charge is 2.22. The molecule has 0 spiro atoms. The van der Waals surface area contributed by atoms with E-state index in [9.17, 15) is 0 Å². The molecule has 2 nitrogen and oxygen atoms in total. The van der Waals surface area contributed by atoms with E-state index in [0.717, 1.165) is 19.8 Å². The summed E-state index contributed by atoms with van der Waals surface area (Å²) in [6, 6.07) is 5.16. The average molecular weight is 261 g/mol. The van der Waals surface area contributed by atoms with Gasteiger partial charge < -0.3 is 10.1 Å². The van der Waals surface area contributed by atoms with Crippen LogP contribution in [0.2, 0.25) is 0 Å². The summed E-state index contributed by atoms with van der Waals surface area (Å²) in [5, 5.41) is 3.66. The molecule has 0 saturated carbocycles. The highest BCUT2D eigenvalue weighted by Crippen LogP contribution is 2.29. The van der Waals surface area contributed by atoms with E-state index in [0.29, 0.717) is 12.0 Å². The second-order valence-electron chi connectivity index (χ2n) is 5.87. The first-order valence-electron chi connectivity index (χ1n) is 7.50. The van der Waals surface area contributed by atoms with Crippen molar-refractivity contribution in [3.05, 3.63) is 34.4 Å². The van der Waals surface area contributed by atoms with Gasteiger partial charge in [-0.25, -0.2) is 0 Å². The summed E-state index contributed by atoms with van der Waals surface area (Å²) in [4.78, 5) is 0. The average Bonchev–Trinajstić information content (AvgIpc) is 2.86. The topological polar surface area (TPSA) is 21.3 Å². The number of nitrogens with one attached hydrogen (secondary N) is 1. The molecule has 2 atom stereocenters. The Labute approximate surface area is 117 Å². The van der Waals surface area contributed by atoms with Crippen molar-refractivity contribution in [1.82, 2.24) is 5.32 Å². The van der Waals surface area contributed by atoms with E-state index in [2.05, 4.69) is 45.1 Å². The number of benzene rings is 1. The molecule has 106 valence electrons. The van der Waals surface area contributed by atoms with Crippen LogP contribution in [0.5, 0.6) is 0 Å². The van der Waals surface area contributed by atoms with E-state index in [1.807, 2.05) is 0 Å². The Kier molecular flexibility index (Phi) is 5.00. The molecule has 0 bridgehead atoms. The molecule has 2 unspecified atom stereocenters. The summed E-state index contributed by atoms with van der Waals surface area (Å²) in [5.41, 5.74) is 5.66. The first-order valence-corrected chi connectivity index (χ1v) is 7.50. The smallest absolute Gasteiger partial charge is 0.0495 e. The number of aryl methyl sites for hydroxylation is 3. The summed E-state index contributed by atoms with van der Waals surface area (Å²) in [7, 11) is 0. The third kappa shape index (κ3) is 3.58. The molecule has 0 radical (unpaired) electrons. The second-order valence-corrected chi connectivity index (χ2v) is 5.87. The minimum atomic E-state index is 0.469. The fourth-order valence-corrected chi connectivity index (χ4v) is 3.03. The Morgan fingerprint density at radius 3 is 2.58 bits per heavy atom. The van der Waals surface area contributed by atoms with Crippen LogP contribution in [0.15, 0.2) is 12.1 Å². The standard InChI is InChI=1S/C17H27NO/c1-5-18-17(10-15-6-7-19-11-15)16-9-13(3)12(2)8-14(16)4/h8-9,15,17-18H,5-7,10-11H2,1-4H3. The monoisotopic (exact) mass is 261 g/mol. The van der Waals surface area contributed by atoms with Crippen molar-refractivity contribution in [1.29, 1.82) is 0 Å². The van der Waals surface area contributed by atoms with Crippen LogP contribution in [0.25, 0.3) is 0 Å². The summed E-state index contributed by atoms with van der Waals surface area (Å²) < 4.78 is 5.52. The third-order valence-electron chi connectivity index (χ3n) is 4.30.